The third kappa shape index (κ3) is 4.94. The number of benzene rings is 1. The van der Waals surface area contributed by atoms with Crippen molar-refractivity contribution in [2.24, 2.45) is 10.8 Å². The van der Waals surface area contributed by atoms with E-state index in [9.17, 15) is 4.79 Å². The Balaban J connectivity index is 1.13. The van der Waals surface area contributed by atoms with Gasteiger partial charge in [0.05, 0.1) is 12.3 Å². The number of methoxy groups -OCH3 is 1. The maximum atomic E-state index is 13.0. The van der Waals surface area contributed by atoms with Crippen molar-refractivity contribution < 1.29 is 9.47 Å². The molecule has 5 heterocycles. The van der Waals surface area contributed by atoms with Crippen molar-refractivity contribution in [3.8, 4) is 5.75 Å². The second kappa shape index (κ2) is 11.1. The third-order valence-corrected chi connectivity index (χ3v) is 7.40. The fourth-order valence-electron chi connectivity index (χ4n) is 5.17. The van der Waals surface area contributed by atoms with E-state index in [1.54, 1.807) is 22.4 Å². The molecular formula is C27H34N10O3. The molecule has 13 heteroatoms. The summed E-state index contributed by atoms with van der Waals surface area (Å²) >= 11 is 0. The third-order valence-electron chi connectivity index (χ3n) is 7.40. The average Bonchev–Trinajstić information content (AvgIpc) is 3.50. The van der Waals surface area contributed by atoms with Crippen LogP contribution < -0.4 is 26.2 Å². The van der Waals surface area contributed by atoms with Crippen LogP contribution in [0.25, 0.3) is 5.78 Å². The molecule has 0 amide bonds. The molecule has 13 nitrogen and oxygen atoms in total. The van der Waals surface area contributed by atoms with E-state index in [1.165, 1.54) is 10.7 Å². The van der Waals surface area contributed by atoms with Crippen molar-refractivity contribution in [1.82, 2.24) is 29.0 Å². The quantitative estimate of drug-likeness (QED) is 0.232. The van der Waals surface area contributed by atoms with Crippen LogP contribution in [0.4, 0.5) is 11.5 Å². The highest BCUT2D eigenvalue weighted by Gasteiger charge is 2.32. The number of H-pyrrole nitrogens is 1. The standard InChI is InChI=1S/C27H34N10O3/c1-19-30-23(22-5-3-4-10-29-22)24-25(36(19)28)31-26-35(27(38)32-37(24)26)16-13-33-11-14-34(15-12-33)20-6-8-21(9-7-20)40-18-17-39-2/h3-10,19H,11-18,28H2,1-2H3,(H,32,38). The van der Waals surface area contributed by atoms with Gasteiger partial charge in [-0.25, -0.2) is 20.3 Å². The number of nitrogens with one attached hydrogen (secondary N) is 1. The molecule has 0 bridgehead atoms. The number of anilines is 2. The lowest BCUT2D eigenvalue weighted by Crippen LogP contribution is -2.47. The summed E-state index contributed by atoms with van der Waals surface area (Å²) in [5.41, 5.74) is 2.94. The normalized spacial score (nSPS) is 17.8. The topological polar surface area (TPSA) is 135 Å². The second-order valence-corrected chi connectivity index (χ2v) is 9.88. The van der Waals surface area contributed by atoms with Gasteiger partial charge in [-0.1, -0.05) is 6.07 Å². The van der Waals surface area contributed by atoms with Crippen LogP contribution in [0, 0.1) is 0 Å². The molecule has 0 spiro atoms. The van der Waals surface area contributed by atoms with Crippen molar-refractivity contribution in [3.63, 3.8) is 0 Å². The van der Waals surface area contributed by atoms with Crippen molar-refractivity contribution in [2.45, 2.75) is 19.6 Å². The van der Waals surface area contributed by atoms with E-state index in [0.717, 1.165) is 38.5 Å². The molecule has 1 aromatic carbocycles. The Kier molecular flexibility index (Phi) is 7.24. The van der Waals surface area contributed by atoms with Gasteiger partial charge in [-0.3, -0.25) is 24.5 Å². The van der Waals surface area contributed by atoms with Crippen molar-refractivity contribution in [3.05, 3.63) is 70.5 Å². The number of aromatic amines is 1. The van der Waals surface area contributed by atoms with E-state index >= 15 is 0 Å². The first-order valence-electron chi connectivity index (χ1n) is 13.5. The average molecular weight is 547 g/mol. The smallest absolute Gasteiger partial charge is 0.343 e. The Hall–Kier alpha value is -4.20. The van der Waals surface area contributed by atoms with Gasteiger partial charge in [0.15, 0.2) is 5.82 Å². The molecular weight excluding hydrogens is 512 g/mol. The second-order valence-electron chi connectivity index (χ2n) is 9.88. The van der Waals surface area contributed by atoms with Crippen LogP contribution >= 0.6 is 0 Å². The van der Waals surface area contributed by atoms with E-state index in [1.807, 2.05) is 37.3 Å². The lowest BCUT2D eigenvalue weighted by atomic mass is 10.1. The van der Waals surface area contributed by atoms with E-state index < -0.39 is 0 Å². The van der Waals surface area contributed by atoms with Gasteiger partial charge >= 0.3 is 5.69 Å². The van der Waals surface area contributed by atoms with Gasteiger partial charge in [-0.2, -0.15) is 4.98 Å². The fraction of sp³-hybridized carbons (Fsp3) is 0.407. The van der Waals surface area contributed by atoms with E-state index in [4.69, 9.17) is 25.3 Å². The number of nitrogens with two attached hydrogens (primary N) is 1. The highest BCUT2D eigenvalue weighted by Crippen LogP contribution is 2.28. The number of ether oxygens (including phenoxy) is 2. The summed E-state index contributed by atoms with van der Waals surface area (Å²) in [5.74, 6) is 8.25. The minimum absolute atomic E-state index is 0.223. The van der Waals surface area contributed by atoms with Crippen LogP contribution in [0.2, 0.25) is 0 Å². The minimum Gasteiger partial charge on any atom is -0.491 e. The zero-order chi connectivity index (χ0) is 27.6. The zero-order valence-corrected chi connectivity index (χ0v) is 22.7. The number of imidazole rings is 1. The van der Waals surface area contributed by atoms with E-state index in [2.05, 4.69) is 32.0 Å². The maximum absolute atomic E-state index is 13.0. The first kappa shape index (κ1) is 26.0. The summed E-state index contributed by atoms with van der Waals surface area (Å²) in [6, 6.07) is 13.8. The van der Waals surface area contributed by atoms with Crippen molar-refractivity contribution in [1.29, 1.82) is 0 Å². The van der Waals surface area contributed by atoms with Gasteiger partial charge in [0.1, 0.15) is 29.9 Å². The number of piperazine rings is 1. The van der Waals surface area contributed by atoms with Gasteiger partial charge in [-0.15, -0.1) is 0 Å². The summed E-state index contributed by atoms with van der Waals surface area (Å²) in [6.07, 6.45) is 1.40. The van der Waals surface area contributed by atoms with Gasteiger partial charge < -0.3 is 14.4 Å². The number of fused-ring (bicyclic) bond motifs is 3. The van der Waals surface area contributed by atoms with Crippen LogP contribution in [0.3, 0.4) is 0 Å². The lowest BCUT2D eigenvalue weighted by Gasteiger charge is -2.36. The number of hydrazine groups is 1. The molecule has 3 N–H and O–H groups in total. The molecule has 1 unspecified atom stereocenters. The maximum Gasteiger partial charge on any atom is 0.343 e. The van der Waals surface area contributed by atoms with E-state index in [0.29, 0.717) is 48.5 Å². The summed E-state index contributed by atoms with van der Waals surface area (Å²) in [4.78, 5) is 31.7. The molecule has 2 aliphatic rings. The van der Waals surface area contributed by atoms with Crippen LogP contribution in [0.1, 0.15) is 18.3 Å². The Labute approximate surface area is 231 Å². The molecule has 0 aliphatic carbocycles. The van der Waals surface area contributed by atoms with Crippen molar-refractivity contribution >= 4 is 23.0 Å². The highest BCUT2D eigenvalue weighted by molar-refractivity contribution is 6.14. The van der Waals surface area contributed by atoms with Gasteiger partial charge in [-0.05, 0) is 43.3 Å². The van der Waals surface area contributed by atoms with Gasteiger partial charge in [0, 0.05) is 58.3 Å². The summed E-state index contributed by atoms with van der Waals surface area (Å²) < 4.78 is 14.1. The van der Waals surface area contributed by atoms with Gasteiger partial charge in [0.25, 0.3) is 0 Å². The first-order valence-corrected chi connectivity index (χ1v) is 13.5. The number of aliphatic imine (C=N–C) groups is 1. The predicted octanol–water partition coefficient (Wildman–Crippen LogP) is 0.944. The van der Waals surface area contributed by atoms with Crippen molar-refractivity contribution in [2.75, 3.05) is 63.0 Å². The highest BCUT2D eigenvalue weighted by atomic mass is 16.5. The Bertz CT molecular complexity index is 1530. The predicted molar refractivity (Wildman–Crippen MR) is 152 cm³/mol. The molecule has 3 aromatic heterocycles. The SMILES string of the molecule is COCCOc1ccc(N2CCN(CCn3c(=O)[nH]n4c5c(nc34)N(N)C(C)N=C5c3ccccn3)CC2)cc1. The molecule has 40 heavy (non-hydrogen) atoms. The van der Waals surface area contributed by atoms with Crippen LogP contribution in [-0.4, -0.2) is 94.0 Å². The number of pyridine rings is 1. The molecule has 2 aliphatic heterocycles. The molecule has 6 rings (SSSR count). The molecule has 0 saturated carbocycles. The number of aromatic nitrogens is 5. The first-order chi connectivity index (χ1) is 19.5. The van der Waals surface area contributed by atoms with Crippen LogP contribution in [-0.2, 0) is 11.3 Å². The monoisotopic (exact) mass is 546 g/mol. The number of nitrogens with zero attached hydrogens (tertiary/aromatic N) is 8. The molecule has 1 fully saturated rings. The lowest BCUT2D eigenvalue weighted by molar-refractivity contribution is 0.146. The number of hydrogen-bond acceptors (Lipinski definition) is 10. The Morgan fingerprint density at radius 3 is 2.58 bits per heavy atom. The molecule has 0 radical (unpaired) electrons. The molecule has 1 atom stereocenters. The number of rotatable bonds is 9. The van der Waals surface area contributed by atoms with Crippen LogP contribution in [0.15, 0.2) is 58.4 Å². The molecule has 210 valence electrons. The Morgan fingerprint density at radius 1 is 1.05 bits per heavy atom. The molecule has 1 saturated heterocycles. The molecule has 4 aromatic rings. The largest absolute Gasteiger partial charge is 0.491 e. The zero-order valence-electron chi connectivity index (χ0n) is 22.7. The van der Waals surface area contributed by atoms with Gasteiger partial charge in [0.2, 0.25) is 5.78 Å². The summed E-state index contributed by atoms with van der Waals surface area (Å²) in [7, 11) is 1.66. The minimum atomic E-state index is -0.319. The summed E-state index contributed by atoms with van der Waals surface area (Å²) in [6.45, 7) is 7.85. The summed E-state index contributed by atoms with van der Waals surface area (Å²) in [5, 5.41) is 4.46. The van der Waals surface area contributed by atoms with E-state index in [-0.39, 0.29) is 11.9 Å². The van der Waals surface area contributed by atoms with Crippen LogP contribution in [0.5, 0.6) is 5.75 Å². The fourth-order valence-corrected chi connectivity index (χ4v) is 5.17. The Morgan fingerprint density at radius 2 is 1.85 bits per heavy atom. The number of hydrogen-bond donors (Lipinski definition) is 2.